The van der Waals surface area contributed by atoms with Crippen LogP contribution in [0.5, 0.6) is 5.75 Å². The first-order valence-corrected chi connectivity index (χ1v) is 11.7. The van der Waals surface area contributed by atoms with E-state index < -0.39 is 17.7 Å². The molecule has 3 aromatic rings. The zero-order valence-electron chi connectivity index (χ0n) is 18.7. The van der Waals surface area contributed by atoms with Gasteiger partial charge in [-0.15, -0.1) is 0 Å². The van der Waals surface area contributed by atoms with Crippen molar-refractivity contribution in [1.29, 1.82) is 0 Å². The van der Waals surface area contributed by atoms with E-state index in [4.69, 9.17) is 0 Å². The van der Waals surface area contributed by atoms with E-state index in [1.165, 1.54) is 12.1 Å². The van der Waals surface area contributed by atoms with Gasteiger partial charge in [0.15, 0.2) is 0 Å². The Bertz CT molecular complexity index is 1230. The van der Waals surface area contributed by atoms with Crippen molar-refractivity contribution in [3.05, 3.63) is 84.1 Å². The predicted octanol–water partition coefficient (Wildman–Crippen LogP) is 5.29. The van der Waals surface area contributed by atoms with Crippen molar-refractivity contribution < 1.29 is 19.8 Å². The summed E-state index contributed by atoms with van der Waals surface area (Å²) in [5.41, 5.74) is 2.92. The molecule has 172 valence electrons. The molecule has 1 saturated carbocycles. The molecule has 1 aliphatic heterocycles. The Morgan fingerprint density at radius 3 is 2.24 bits per heavy atom. The number of anilines is 1. The number of rotatable bonds is 4. The van der Waals surface area contributed by atoms with E-state index >= 15 is 0 Å². The molecule has 2 fully saturated rings. The lowest BCUT2D eigenvalue weighted by Gasteiger charge is -2.34. The van der Waals surface area contributed by atoms with Crippen molar-refractivity contribution in [2.75, 3.05) is 4.90 Å². The number of ketones is 1. The van der Waals surface area contributed by atoms with Crippen molar-refractivity contribution in [2.45, 2.75) is 38.1 Å². The number of benzene rings is 2. The van der Waals surface area contributed by atoms with E-state index in [1.54, 1.807) is 23.2 Å². The lowest BCUT2D eigenvalue weighted by atomic mass is 9.80. The summed E-state index contributed by atoms with van der Waals surface area (Å²) in [6.45, 7) is 0. The number of phenols is 1. The normalized spacial score (nSPS) is 20.6. The molecule has 34 heavy (non-hydrogen) atoms. The summed E-state index contributed by atoms with van der Waals surface area (Å²) < 4.78 is 0. The van der Waals surface area contributed by atoms with Crippen LogP contribution in [0.2, 0.25) is 0 Å². The SMILES string of the molecule is O=C1C(=O)N(c2ccc(-c3ccccn3)cc2)C(C2CCCCC2)/C1=C(/O)c1ccc(O)cc1. The molecule has 0 bridgehead atoms. The number of aliphatic hydroxyl groups excluding tert-OH is 1. The number of pyridine rings is 1. The summed E-state index contributed by atoms with van der Waals surface area (Å²) >= 11 is 0. The third-order valence-corrected chi connectivity index (χ3v) is 6.83. The first-order valence-electron chi connectivity index (χ1n) is 11.7. The van der Waals surface area contributed by atoms with Crippen molar-refractivity contribution >= 4 is 23.1 Å². The molecule has 1 atom stereocenters. The van der Waals surface area contributed by atoms with Gasteiger partial charge in [-0.3, -0.25) is 19.5 Å². The number of phenolic OH excluding ortho intramolecular Hbond substituents is 1. The predicted molar refractivity (Wildman–Crippen MR) is 130 cm³/mol. The molecule has 1 amide bonds. The Balaban J connectivity index is 1.58. The largest absolute Gasteiger partial charge is 0.508 e. The number of aliphatic hydroxyl groups is 1. The van der Waals surface area contributed by atoms with Crippen LogP contribution < -0.4 is 4.90 Å². The van der Waals surface area contributed by atoms with Crippen molar-refractivity contribution in [3.8, 4) is 17.0 Å². The van der Waals surface area contributed by atoms with Gasteiger partial charge >= 0.3 is 0 Å². The molecule has 5 rings (SSSR count). The second-order valence-electron chi connectivity index (χ2n) is 8.92. The van der Waals surface area contributed by atoms with Gasteiger partial charge in [0.2, 0.25) is 0 Å². The van der Waals surface area contributed by atoms with Gasteiger partial charge in [-0.25, -0.2) is 0 Å². The smallest absolute Gasteiger partial charge is 0.299 e. The Morgan fingerprint density at radius 1 is 0.882 bits per heavy atom. The summed E-state index contributed by atoms with van der Waals surface area (Å²) in [7, 11) is 0. The third kappa shape index (κ3) is 3.96. The molecule has 1 saturated heterocycles. The Labute approximate surface area is 198 Å². The molecule has 1 aromatic heterocycles. The van der Waals surface area contributed by atoms with E-state index in [0.717, 1.165) is 43.4 Å². The van der Waals surface area contributed by atoms with Gasteiger partial charge in [0.25, 0.3) is 11.7 Å². The molecule has 2 aromatic carbocycles. The average Bonchev–Trinajstić information content (AvgIpc) is 3.15. The first kappa shape index (κ1) is 21.9. The van der Waals surface area contributed by atoms with Crippen LogP contribution in [0.1, 0.15) is 37.7 Å². The molecule has 6 heteroatoms. The molecule has 2 N–H and O–H groups in total. The molecule has 2 heterocycles. The highest BCUT2D eigenvalue weighted by molar-refractivity contribution is 6.51. The maximum Gasteiger partial charge on any atom is 0.299 e. The first-order chi connectivity index (χ1) is 16.5. The van der Waals surface area contributed by atoms with E-state index in [-0.39, 0.29) is 23.0 Å². The number of hydrogen-bond donors (Lipinski definition) is 2. The third-order valence-electron chi connectivity index (χ3n) is 6.83. The average molecular weight is 455 g/mol. The molecule has 6 nitrogen and oxygen atoms in total. The summed E-state index contributed by atoms with van der Waals surface area (Å²) in [5.74, 6) is -1.35. The second-order valence-corrected chi connectivity index (χ2v) is 8.92. The highest BCUT2D eigenvalue weighted by atomic mass is 16.3. The van der Waals surface area contributed by atoms with Gasteiger partial charge in [-0.1, -0.05) is 37.5 Å². The summed E-state index contributed by atoms with van der Waals surface area (Å²) in [4.78, 5) is 32.5. The summed E-state index contributed by atoms with van der Waals surface area (Å²) in [6, 6.07) is 18.7. The van der Waals surface area contributed by atoms with E-state index in [9.17, 15) is 19.8 Å². The molecule has 2 aliphatic rings. The Hall–Kier alpha value is -3.93. The van der Waals surface area contributed by atoms with Crippen LogP contribution in [0, 0.1) is 5.92 Å². The number of aromatic hydroxyl groups is 1. The quantitative estimate of drug-likeness (QED) is 0.318. The molecule has 0 spiro atoms. The zero-order valence-corrected chi connectivity index (χ0v) is 18.7. The van der Waals surface area contributed by atoms with Crippen LogP contribution in [-0.4, -0.2) is 32.9 Å². The number of Topliss-reactive ketones (excluding diaryl/α,β-unsaturated/α-hetero) is 1. The van der Waals surface area contributed by atoms with Gasteiger partial charge in [-0.2, -0.15) is 0 Å². The summed E-state index contributed by atoms with van der Waals surface area (Å²) in [5, 5.41) is 20.8. The van der Waals surface area contributed by atoms with Crippen molar-refractivity contribution in [2.24, 2.45) is 5.92 Å². The fraction of sp³-hybridized carbons (Fsp3) is 0.250. The van der Waals surface area contributed by atoms with Gasteiger partial charge in [0.05, 0.1) is 17.3 Å². The van der Waals surface area contributed by atoms with Gasteiger partial charge in [0.1, 0.15) is 11.5 Å². The standard InChI is InChI=1S/C28H26N2O4/c31-22-15-11-20(12-16-22)26(32)24-25(19-6-2-1-3-7-19)30(28(34)27(24)33)21-13-9-18(10-14-21)23-8-4-5-17-29-23/h4-5,8-17,19,25,31-32H,1-3,6-7H2/b26-24-. The number of nitrogens with zero attached hydrogens (tertiary/aromatic N) is 2. The summed E-state index contributed by atoms with van der Waals surface area (Å²) in [6.07, 6.45) is 6.70. The van der Waals surface area contributed by atoms with E-state index in [0.29, 0.717) is 11.3 Å². The van der Waals surface area contributed by atoms with Crippen molar-refractivity contribution in [1.82, 2.24) is 4.98 Å². The lowest BCUT2D eigenvalue weighted by molar-refractivity contribution is -0.132. The second kappa shape index (κ2) is 9.14. The molecular weight excluding hydrogens is 428 g/mol. The van der Waals surface area contributed by atoms with E-state index in [1.807, 2.05) is 42.5 Å². The lowest BCUT2D eigenvalue weighted by Crippen LogP contribution is -2.40. The topological polar surface area (TPSA) is 90.7 Å². The van der Waals surface area contributed by atoms with Crippen LogP contribution in [0.15, 0.2) is 78.5 Å². The molecule has 1 aliphatic carbocycles. The van der Waals surface area contributed by atoms with Crippen LogP contribution in [-0.2, 0) is 9.59 Å². The van der Waals surface area contributed by atoms with Crippen LogP contribution in [0.3, 0.4) is 0 Å². The van der Waals surface area contributed by atoms with E-state index in [2.05, 4.69) is 4.98 Å². The van der Waals surface area contributed by atoms with Gasteiger partial charge in [0, 0.05) is 23.0 Å². The zero-order chi connectivity index (χ0) is 23.7. The van der Waals surface area contributed by atoms with Gasteiger partial charge < -0.3 is 10.2 Å². The minimum Gasteiger partial charge on any atom is -0.508 e. The minimum absolute atomic E-state index is 0.0637. The monoisotopic (exact) mass is 454 g/mol. The fourth-order valence-electron chi connectivity index (χ4n) is 5.14. The minimum atomic E-state index is -0.671. The highest BCUT2D eigenvalue weighted by Crippen LogP contribution is 2.41. The number of carbonyl (C=O) groups is 2. The molecule has 0 radical (unpaired) electrons. The maximum atomic E-state index is 13.3. The number of aromatic nitrogens is 1. The van der Waals surface area contributed by atoms with Gasteiger partial charge in [-0.05, 0) is 67.3 Å². The Kier molecular flexibility index (Phi) is 5.88. The van der Waals surface area contributed by atoms with Crippen LogP contribution in [0.25, 0.3) is 17.0 Å². The fourth-order valence-corrected chi connectivity index (χ4v) is 5.14. The number of carbonyl (C=O) groups excluding carboxylic acids is 2. The van der Waals surface area contributed by atoms with Crippen molar-refractivity contribution in [3.63, 3.8) is 0 Å². The number of amides is 1. The number of hydrogen-bond acceptors (Lipinski definition) is 5. The van der Waals surface area contributed by atoms with Crippen LogP contribution in [0.4, 0.5) is 5.69 Å². The highest BCUT2D eigenvalue weighted by Gasteiger charge is 2.49. The maximum absolute atomic E-state index is 13.3. The molecule has 1 unspecified atom stereocenters. The molecular formula is C28H26N2O4. The van der Waals surface area contributed by atoms with Crippen LogP contribution >= 0.6 is 0 Å². The Morgan fingerprint density at radius 2 is 1.59 bits per heavy atom.